The Balaban J connectivity index is 2.28. The Morgan fingerprint density at radius 1 is 1.09 bits per heavy atom. The highest BCUT2D eigenvalue weighted by molar-refractivity contribution is 7.90. The number of hydrogen-bond acceptors (Lipinski definition) is 4. The van der Waals surface area contributed by atoms with Gasteiger partial charge in [-0.25, -0.2) is 8.42 Å². The molecule has 3 N–H and O–H groups in total. The number of carbonyl (C=O) groups is 1. The second-order valence-corrected chi connectivity index (χ2v) is 7.43. The molecule has 0 saturated carbocycles. The summed E-state index contributed by atoms with van der Waals surface area (Å²) in [5.41, 5.74) is 6.60. The molecule has 5 nitrogen and oxygen atoms in total. The molecule has 0 bridgehead atoms. The van der Waals surface area contributed by atoms with Gasteiger partial charge in [-0.3, -0.25) is 4.79 Å². The molecule has 0 aliphatic carbocycles. The number of hydrogen-bond donors (Lipinski definition) is 2. The van der Waals surface area contributed by atoms with Crippen LogP contribution in [-0.2, 0) is 9.84 Å². The highest BCUT2D eigenvalue weighted by Gasteiger charge is 2.15. The quantitative estimate of drug-likeness (QED) is 0.824. The molecule has 8 heteroatoms. The Bertz CT molecular complexity index is 851. The van der Waals surface area contributed by atoms with E-state index in [1.165, 1.54) is 24.3 Å². The molecule has 0 atom stereocenters. The molecule has 2 rings (SSSR count). The Labute approximate surface area is 138 Å². The zero-order valence-corrected chi connectivity index (χ0v) is 13.8. The largest absolute Gasteiger partial charge is 0.397 e. The van der Waals surface area contributed by atoms with Crippen LogP contribution in [0, 0.1) is 0 Å². The molecule has 22 heavy (non-hydrogen) atoms. The van der Waals surface area contributed by atoms with E-state index in [4.69, 9.17) is 28.9 Å². The topological polar surface area (TPSA) is 89.3 Å². The minimum absolute atomic E-state index is 0.0439. The van der Waals surface area contributed by atoms with Crippen molar-refractivity contribution >= 4 is 50.3 Å². The highest BCUT2D eigenvalue weighted by Crippen LogP contribution is 2.25. The molecule has 1 amide bonds. The first-order valence-electron chi connectivity index (χ1n) is 6.04. The Morgan fingerprint density at radius 2 is 1.77 bits per heavy atom. The lowest BCUT2D eigenvalue weighted by Crippen LogP contribution is -2.13. The minimum Gasteiger partial charge on any atom is -0.397 e. The van der Waals surface area contributed by atoms with E-state index < -0.39 is 15.7 Å². The van der Waals surface area contributed by atoms with E-state index in [1.807, 2.05) is 0 Å². The third-order valence-electron chi connectivity index (χ3n) is 2.87. The molecule has 116 valence electrons. The highest BCUT2D eigenvalue weighted by atomic mass is 35.5. The van der Waals surface area contributed by atoms with Crippen LogP contribution in [0.1, 0.15) is 10.4 Å². The molecule has 0 spiro atoms. The number of anilines is 2. The number of halogens is 2. The molecule has 0 aromatic heterocycles. The van der Waals surface area contributed by atoms with Crippen molar-refractivity contribution in [3.8, 4) is 0 Å². The van der Waals surface area contributed by atoms with Gasteiger partial charge in [0.05, 0.1) is 26.2 Å². The Morgan fingerprint density at radius 3 is 2.32 bits per heavy atom. The molecule has 2 aromatic rings. The van der Waals surface area contributed by atoms with Gasteiger partial charge in [0, 0.05) is 11.9 Å². The van der Waals surface area contributed by atoms with Gasteiger partial charge in [0.2, 0.25) is 0 Å². The van der Waals surface area contributed by atoms with Crippen LogP contribution in [0.5, 0.6) is 0 Å². The minimum atomic E-state index is -3.38. The van der Waals surface area contributed by atoms with Gasteiger partial charge in [0.15, 0.2) is 9.84 Å². The Hall–Kier alpha value is -1.76. The maximum Gasteiger partial charge on any atom is 0.257 e. The fraction of sp³-hybridized carbons (Fsp3) is 0.0714. The lowest BCUT2D eigenvalue weighted by atomic mass is 10.2. The average Bonchev–Trinajstić information content (AvgIpc) is 2.41. The van der Waals surface area contributed by atoms with Crippen LogP contribution < -0.4 is 11.1 Å². The summed E-state index contributed by atoms with van der Waals surface area (Å²) in [6.45, 7) is 0. The molecule has 0 aliphatic rings. The van der Waals surface area contributed by atoms with E-state index in [-0.39, 0.29) is 15.5 Å². The molecular weight excluding hydrogens is 347 g/mol. The van der Waals surface area contributed by atoms with Gasteiger partial charge >= 0.3 is 0 Å². The SMILES string of the molecule is CS(=O)(=O)c1ccc(C(=O)Nc2ccc(Cl)c(N)c2)c(Cl)c1. The fourth-order valence-corrected chi connectivity index (χ4v) is 2.83. The number of nitrogen functional groups attached to an aromatic ring is 1. The van der Waals surface area contributed by atoms with Gasteiger partial charge in [0.25, 0.3) is 5.91 Å². The molecule has 0 radical (unpaired) electrons. The number of amides is 1. The van der Waals surface area contributed by atoms with Gasteiger partial charge in [-0.1, -0.05) is 23.2 Å². The van der Waals surface area contributed by atoms with Gasteiger partial charge < -0.3 is 11.1 Å². The van der Waals surface area contributed by atoms with E-state index in [1.54, 1.807) is 12.1 Å². The summed E-state index contributed by atoms with van der Waals surface area (Å²) in [4.78, 5) is 12.2. The van der Waals surface area contributed by atoms with Crippen LogP contribution in [-0.4, -0.2) is 20.6 Å². The van der Waals surface area contributed by atoms with Crippen LogP contribution >= 0.6 is 23.2 Å². The molecule has 0 heterocycles. The van der Waals surface area contributed by atoms with Crippen LogP contribution in [0.25, 0.3) is 0 Å². The summed E-state index contributed by atoms with van der Waals surface area (Å²) in [5.74, 6) is -0.480. The third-order valence-corrected chi connectivity index (χ3v) is 4.63. The molecular formula is C14H12Cl2N2O3S. The standard InChI is InChI=1S/C14H12Cl2N2O3S/c1-22(20,21)9-3-4-10(12(16)7-9)14(19)18-8-2-5-11(15)13(17)6-8/h2-7H,17H2,1H3,(H,18,19). The molecule has 0 unspecified atom stereocenters. The van der Waals surface area contributed by atoms with Crippen molar-refractivity contribution in [3.63, 3.8) is 0 Å². The smallest absolute Gasteiger partial charge is 0.257 e. The summed E-state index contributed by atoms with van der Waals surface area (Å²) in [7, 11) is -3.38. The average molecular weight is 359 g/mol. The van der Waals surface area contributed by atoms with Crippen molar-refractivity contribution < 1.29 is 13.2 Å². The fourth-order valence-electron chi connectivity index (χ4n) is 1.73. The summed E-state index contributed by atoms with van der Waals surface area (Å²) in [6, 6.07) is 8.58. The predicted molar refractivity (Wildman–Crippen MR) is 88.4 cm³/mol. The Kier molecular flexibility index (Phi) is 4.65. The number of rotatable bonds is 3. The van der Waals surface area contributed by atoms with E-state index in [2.05, 4.69) is 5.32 Å². The molecule has 2 aromatic carbocycles. The number of benzene rings is 2. The van der Waals surface area contributed by atoms with Crippen molar-refractivity contribution in [2.45, 2.75) is 4.90 Å². The van der Waals surface area contributed by atoms with Crippen molar-refractivity contribution in [1.82, 2.24) is 0 Å². The summed E-state index contributed by atoms with van der Waals surface area (Å²) in [5, 5.41) is 3.04. The van der Waals surface area contributed by atoms with Gasteiger partial charge in [0.1, 0.15) is 0 Å². The lowest BCUT2D eigenvalue weighted by Gasteiger charge is -2.09. The normalized spacial score (nSPS) is 11.2. The van der Waals surface area contributed by atoms with Crippen LogP contribution in [0.3, 0.4) is 0 Å². The van der Waals surface area contributed by atoms with E-state index >= 15 is 0 Å². The first-order chi connectivity index (χ1) is 10.2. The van der Waals surface area contributed by atoms with Gasteiger partial charge in [-0.05, 0) is 36.4 Å². The zero-order valence-electron chi connectivity index (χ0n) is 11.4. The van der Waals surface area contributed by atoms with Crippen molar-refractivity contribution in [3.05, 3.63) is 52.0 Å². The van der Waals surface area contributed by atoms with Crippen LogP contribution in [0.2, 0.25) is 10.0 Å². The van der Waals surface area contributed by atoms with Gasteiger partial charge in [-0.2, -0.15) is 0 Å². The first-order valence-corrected chi connectivity index (χ1v) is 8.69. The van der Waals surface area contributed by atoms with Crippen molar-refractivity contribution in [1.29, 1.82) is 0 Å². The van der Waals surface area contributed by atoms with E-state index in [9.17, 15) is 13.2 Å². The molecule has 0 aliphatic heterocycles. The first kappa shape index (κ1) is 16.6. The maximum absolute atomic E-state index is 12.2. The second-order valence-electron chi connectivity index (χ2n) is 4.60. The van der Waals surface area contributed by atoms with E-state index in [0.717, 1.165) is 6.26 Å². The number of sulfone groups is 1. The third kappa shape index (κ3) is 3.71. The number of nitrogens with one attached hydrogen (secondary N) is 1. The van der Waals surface area contributed by atoms with Crippen molar-refractivity contribution in [2.24, 2.45) is 0 Å². The summed E-state index contributed by atoms with van der Waals surface area (Å²) < 4.78 is 22.9. The number of nitrogens with two attached hydrogens (primary N) is 1. The van der Waals surface area contributed by atoms with Crippen LogP contribution in [0.4, 0.5) is 11.4 Å². The molecule has 0 fully saturated rings. The van der Waals surface area contributed by atoms with Crippen LogP contribution in [0.15, 0.2) is 41.3 Å². The second kappa shape index (κ2) is 6.16. The molecule has 0 saturated heterocycles. The summed E-state index contributed by atoms with van der Waals surface area (Å²) in [6.07, 6.45) is 1.06. The maximum atomic E-state index is 12.2. The zero-order chi connectivity index (χ0) is 16.5. The predicted octanol–water partition coefficient (Wildman–Crippen LogP) is 3.23. The number of carbonyl (C=O) groups excluding carboxylic acids is 1. The van der Waals surface area contributed by atoms with Crippen molar-refractivity contribution in [2.75, 3.05) is 17.3 Å². The van der Waals surface area contributed by atoms with E-state index in [0.29, 0.717) is 16.4 Å². The lowest BCUT2D eigenvalue weighted by molar-refractivity contribution is 0.102. The van der Waals surface area contributed by atoms with Gasteiger partial charge in [-0.15, -0.1) is 0 Å². The monoisotopic (exact) mass is 358 g/mol. The summed E-state index contributed by atoms with van der Waals surface area (Å²) >= 11 is 11.8.